The molecule has 6 aromatic rings. The molecule has 0 bridgehead atoms. The first-order valence-electron chi connectivity index (χ1n) is 12.2. The molecule has 0 spiro atoms. The van der Waals surface area contributed by atoms with E-state index in [4.69, 9.17) is 14.5 Å². The molecular formula is C30H25BN4O2. The Labute approximate surface area is 215 Å². The number of benzene rings is 2. The molecule has 180 valence electrons. The zero-order chi connectivity index (χ0) is 25.4. The average Bonchev–Trinajstić information content (AvgIpc) is 3.49. The van der Waals surface area contributed by atoms with Crippen molar-refractivity contribution in [3.63, 3.8) is 0 Å². The number of fused-ring (bicyclic) bond motifs is 1. The molecule has 0 fully saturated rings. The number of rotatable bonds is 6. The Hall–Kier alpha value is -4.49. The maximum atomic E-state index is 9.53. The van der Waals surface area contributed by atoms with Crippen LogP contribution in [0.4, 0.5) is 0 Å². The van der Waals surface area contributed by atoms with Crippen molar-refractivity contribution in [1.29, 1.82) is 0 Å². The predicted molar refractivity (Wildman–Crippen MR) is 147 cm³/mol. The first-order chi connectivity index (χ1) is 18.1. The van der Waals surface area contributed by atoms with E-state index in [0.29, 0.717) is 0 Å². The van der Waals surface area contributed by atoms with E-state index in [2.05, 4.69) is 52.3 Å². The minimum Gasteiger partial charge on any atom is -0.449 e. The van der Waals surface area contributed by atoms with Crippen LogP contribution in [0, 0.1) is 13.8 Å². The summed E-state index contributed by atoms with van der Waals surface area (Å²) in [4.78, 5) is 9.72. The number of aryl methyl sites for hydroxylation is 2. The Balaban J connectivity index is 1.64. The third-order valence-electron chi connectivity index (χ3n) is 6.80. The Kier molecular flexibility index (Phi) is 5.91. The van der Waals surface area contributed by atoms with Gasteiger partial charge in [-0.3, -0.25) is 9.97 Å². The lowest BCUT2D eigenvalue weighted by Gasteiger charge is -2.20. The Morgan fingerprint density at radius 3 is 2.35 bits per heavy atom. The topological polar surface area (TPSA) is 77.0 Å². The number of hydrogen-bond acceptors (Lipinski definition) is 5. The van der Waals surface area contributed by atoms with E-state index < -0.39 is 0 Å². The Morgan fingerprint density at radius 1 is 0.892 bits per heavy atom. The molecule has 4 heterocycles. The summed E-state index contributed by atoms with van der Waals surface area (Å²) in [5.41, 5.74) is 9.62. The average molecular weight is 484 g/mol. The quantitative estimate of drug-likeness (QED) is 0.338. The maximum Gasteiger partial charge on any atom is 0.304 e. The normalized spacial score (nSPS) is 12.1. The number of aromatic nitrogens is 4. The van der Waals surface area contributed by atoms with Crippen LogP contribution in [0.5, 0.6) is 0 Å². The van der Waals surface area contributed by atoms with E-state index in [0.717, 1.165) is 61.5 Å². The van der Waals surface area contributed by atoms with Gasteiger partial charge in [0, 0.05) is 35.3 Å². The van der Waals surface area contributed by atoms with E-state index in [-0.39, 0.29) is 13.5 Å². The van der Waals surface area contributed by atoms with Crippen molar-refractivity contribution in [2.75, 3.05) is 0 Å². The molecule has 1 atom stereocenters. The van der Waals surface area contributed by atoms with Crippen molar-refractivity contribution in [2.45, 2.75) is 19.9 Å². The summed E-state index contributed by atoms with van der Waals surface area (Å²) in [5, 5.41) is 13.7. The lowest BCUT2D eigenvalue weighted by atomic mass is 9.88. The second kappa shape index (κ2) is 9.52. The standard InChI is InChI=1S/C30H25BN4O2/c1-19-28(20(2)37-34-19)23-16-27-29(33-17-23)25(21-11-13-24(31-36)14-12-21)18-35(27)30(22-8-4-3-5-9-22)26-10-6-7-15-32-26/h3-18,30-31,36H,1-2H3/t30-/m1/s1. The lowest BCUT2D eigenvalue weighted by Crippen LogP contribution is -2.13. The van der Waals surface area contributed by atoms with Crippen molar-refractivity contribution in [3.8, 4) is 22.3 Å². The molecule has 4 aromatic heterocycles. The van der Waals surface area contributed by atoms with Crippen molar-refractivity contribution in [3.05, 3.63) is 120 Å². The molecule has 0 aliphatic rings. The highest BCUT2D eigenvalue weighted by Gasteiger charge is 2.23. The van der Waals surface area contributed by atoms with Gasteiger partial charge in [-0.05, 0) is 43.2 Å². The fourth-order valence-electron chi connectivity index (χ4n) is 5.02. The Morgan fingerprint density at radius 2 is 1.68 bits per heavy atom. The maximum absolute atomic E-state index is 9.53. The van der Waals surface area contributed by atoms with Crippen LogP contribution in [0.1, 0.15) is 28.8 Å². The summed E-state index contributed by atoms with van der Waals surface area (Å²) in [6.07, 6.45) is 5.89. The molecule has 0 radical (unpaired) electrons. The highest BCUT2D eigenvalue weighted by atomic mass is 16.5. The SMILES string of the molecule is Cc1noc(C)c1-c1cnc2c(-c3ccc(BO)cc3)cn([C@H](c3ccccc3)c3ccccn3)c2c1. The summed E-state index contributed by atoms with van der Waals surface area (Å²) in [6, 6.07) is 26.4. The molecule has 0 amide bonds. The van der Waals surface area contributed by atoms with Gasteiger partial charge in [0.05, 0.1) is 22.4 Å². The summed E-state index contributed by atoms with van der Waals surface area (Å²) in [5.74, 6) is 0.765. The van der Waals surface area contributed by atoms with Gasteiger partial charge in [0.1, 0.15) is 11.8 Å². The molecule has 6 nitrogen and oxygen atoms in total. The van der Waals surface area contributed by atoms with Crippen LogP contribution < -0.4 is 5.46 Å². The molecule has 37 heavy (non-hydrogen) atoms. The largest absolute Gasteiger partial charge is 0.449 e. The minimum absolute atomic E-state index is 0.0108. The van der Waals surface area contributed by atoms with Crippen molar-refractivity contribution in [1.82, 2.24) is 19.7 Å². The van der Waals surface area contributed by atoms with Gasteiger partial charge < -0.3 is 14.1 Å². The summed E-state index contributed by atoms with van der Waals surface area (Å²) < 4.78 is 7.72. The van der Waals surface area contributed by atoms with Crippen LogP contribution in [0.2, 0.25) is 0 Å². The van der Waals surface area contributed by atoms with Gasteiger partial charge in [-0.1, -0.05) is 71.3 Å². The number of hydrogen-bond donors (Lipinski definition) is 1. The fourth-order valence-corrected chi connectivity index (χ4v) is 5.02. The third-order valence-corrected chi connectivity index (χ3v) is 6.80. The zero-order valence-electron chi connectivity index (χ0n) is 20.7. The van der Waals surface area contributed by atoms with Crippen molar-refractivity contribution >= 4 is 24.0 Å². The first kappa shape index (κ1) is 22.9. The van der Waals surface area contributed by atoms with Gasteiger partial charge in [0.15, 0.2) is 0 Å². The Bertz CT molecular complexity index is 1620. The van der Waals surface area contributed by atoms with Gasteiger partial charge in [0.25, 0.3) is 0 Å². The molecule has 6 rings (SSSR count). The second-order valence-electron chi connectivity index (χ2n) is 9.16. The monoisotopic (exact) mass is 484 g/mol. The van der Waals surface area contributed by atoms with Crippen LogP contribution in [0.25, 0.3) is 33.3 Å². The van der Waals surface area contributed by atoms with Gasteiger partial charge in [-0.15, -0.1) is 0 Å². The molecule has 0 aliphatic heterocycles. The van der Waals surface area contributed by atoms with E-state index in [1.165, 1.54) is 0 Å². The highest BCUT2D eigenvalue weighted by Crippen LogP contribution is 2.38. The van der Waals surface area contributed by atoms with Crippen LogP contribution in [0.3, 0.4) is 0 Å². The van der Waals surface area contributed by atoms with E-state index >= 15 is 0 Å². The van der Waals surface area contributed by atoms with Gasteiger partial charge >= 0.3 is 7.48 Å². The minimum atomic E-state index is -0.155. The van der Waals surface area contributed by atoms with E-state index in [1.54, 1.807) is 0 Å². The molecule has 1 N–H and O–H groups in total. The molecule has 0 aliphatic carbocycles. The summed E-state index contributed by atoms with van der Waals surface area (Å²) in [6.45, 7) is 3.87. The highest BCUT2D eigenvalue weighted by molar-refractivity contribution is 6.45. The molecule has 7 heteroatoms. The number of nitrogens with zero attached hydrogens (tertiary/aromatic N) is 4. The van der Waals surface area contributed by atoms with Gasteiger partial charge in [-0.25, -0.2) is 0 Å². The molecule has 0 unspecified atom stereocenters. The number of pyridine rings is 2. The molecule has 2 aromatic carbocycles. The molecule has 0 saturated carbocycles. The van der Waals surface area contributed by atoms with E-state index in [9.17, 15) is 5.02 Å². The van der Waals surface area contributed by atoms with Crippen LogP contribution in [-0.4, -0.2) is 32.2 Å². The van der Waals surface area contributed by atoms with Gasteiger partial charge in [-0.2, -0.15) is 0 Å². The molecule has 0 saturated heterocycles. The smallest absolute Gasteiger partial charge is 0.304 e. The summed E-state index contributed by atoms with van der Waals surface area (Å²) >= 11 is 0. The van der Waals surface area contributed by atoms with Crippen LogP contribution >= 0.6 is 0 Å². The molecular weight excluding hydrogens is 459 g/mol. The van der Waals surface area contributed by atoms with Crippen molar-refractivity contribution in [2.24, 2.45) is 0 Å². The van der Waals surface area contributed by atoms with Crippen molar-refractivity contribution < 1.29 is 9.55 Å². The second-order valence-corrected chi connectivity index (χ2v) is 9.16. The fraction of sp³-hybridized carbons (Fsp3) is 0.100. The van der Waals surface area contributed by atoms with Crippen LogP contribution in [0.15, 0.2) is 102 Å². The third kappa shape index (κ3) is 4.13. The summed E-state index contributed by atoms with van der Waals surface area (Å²) in [7, 11) is 0.0108. The van der Waals surface area contributed by atoms with Crippen LogP contribution in [-0.2, 0) is 0 Å². The van der Waals surface area contributed by atoms with E-state index in [1.807, 2.05) is 68.7 Å². The first-order valence-corrected chi connectivity index (χ1v) is 12.2. The zero-order valence-corrected chi connectivity index (χ0v) is 20.7. The lowest BCUT2D eigenvalue weighted by molar-refractivity contribution is 0.393. The predicted octanol–water partition coefficient (Wildman–Crippen LogP) is 4.98. The van der Waals surface area contributed by atoms with Gasteiger partial charge in [0.2, 0.25) is 0 Å².